The van der Waals surface area contributed by atoms with Crippen molar-refractivity contribution in [3.05, 3.63) is 48.2 Å². The summed E-state index contributed by atoms with van der Waals surface area (Å²) in [6, 6.07) is 11.8. The van der Waals surface area contributed by atoms with Gasteiger partial charge in [0.2, 0.25) is 11.8 Å². The predicted molar refractivity (Wildman–Crippen MR) is 95.5 cm³/mol. The number of nitrogens with zero attached hydrogens (tertiary/aromatic N) is 3. The van der Waals surface area contributed by atoms with Crippen molar-refractivity contribution in [2.75, 3.05) is 18.8 Å². The molecule has 0 bridgehead atoms. The number of aromatic nitrogens is 2. The molecule has 0 aliphatic carbocycles. The minimum Gasteiger partial charge on any atom is -0.471 e. The van der Waals surface area contributed by atoms with E-state index in [1.54, 1.807) is 41.3 Å². The number of hydrogen-bond donors (Lipinski definition) is 0. The van der Waals surface area contributed by atoms with Crippen molar-refractivity contribution in [1.82, 2.24) is 15.1 Å². The number of likely N-dealkylation sites (tertiary alicyclic amines) is 1. The van der Waals surface area contributed by atoms with Gasteiger partial charge in [0.15, 0.2) is 9.84 Å². The van der Waals surface area contributed by atoms with Crippen LogP contribution >= 0.6 is 0 Å². The Balaban J connectivity index is 1.51. The average Bonchev–Trinajstić information content (AvgIpc) is 3.11. The maximum atomic E-state index is 12.3. The van der Waals surface area contributed by atoms with Crippen LogP contribution in [0.3, 0.4) is 0 Å². The van der Waals surface area contributed by atoms with Gasteiger partial charge in [-0.25, -0.2) is 8.42 Å². The molecule has 7 nitrogen and oxygen atoms in total. The Morgan fingerprint density at radius 1 is 1.19 bits per heavy atom. The number of ether oxygens (including phenoxy) is 1. The third kappa shape index (κ3) is 4.57. The highest BCUT2D eigenvalue weighted by Crippen LogP contribution is 2.18. The quantitative estimate of drug-likeness (QED) is 0.762. The minimum absolute atomic E-state index is 0.0334. The van der Waals surface area contributed by atoms with Gasteiger partial charge in [-0.3, -0.25) is 4.79 Å². The number of amides is 1. The number of carbonyl (C=O) groups excluding carboxylic acids is 1. The maximum Gasteiger partial charge on any atom is 0.233 e. The maximum absolute atomic E-state index is 12.3. The summed E-state index contributed by atoms with van der Waals surface area (Å²) in [5.74, 6) is 0.0635. The molecule has 1 aromatic heterocycles. The van der Waals surface area contributed by atoms with Gasteiger partial charge in [-0.15, -0.1) is 5.10 Å². The van der Waals surface area contributed by atoms with Crippen molar-refractivity contribution < 1.29 is 17.9 Å². The molecule has 1 fully saturated rings. The van der Waals surface area contributed by atoms with Gasteiger partial charge in [-0.1, -0.05) is 18.2 Å². The van der Waals surface area contributed by atoms with Crippen LogP contribution < -0.4 is 4.74 Å². The second kappa shape index (κ2) is 7.82. The van der Waals surface area contributed by atoms with Crippen molar-refractivity contribution in [2.45, 2.75) is 30.8 Å². The first kappa shape index (κ1) is 18.3. The molecule has 1 amide bonds. The number of sulfone groups is 1. The lowest BCUT2D eigenvalue weighted by atomic mass is 10.3. The van der Waals surface area contributed by atoms with Crippen LogP contribution in [0.2, 0.25) is 0 Å². The smallest absolute Gasteiger partial charge is 0.233 e. The van der Waals surface area contributed by atoms with E-state index in [1.807, 2.05) is 13.0 Å². The normalized spacial score (nSPS) is 17.3. The van der Waals surface area contributed by atoms with E-state index in [2.05, 4.69) is 10.2 Å². The summed E-state index contributed by atoms with van der Waals surface area (Å²) in [4.78, 5) is 14.2. The SMILES string of the molecule is Cc1ccc(O[C@H]2CCN(C(=O)CCS(=O)(=O)c3ccccc3)C2)nn1. The van der Waals surface area contributed by atoms with Gasteiger partial charge in [-0.2, -0.15) is 5.10 Å². The molecule has 1 aromatic carbocycles. The van der Waals surface area contributed by atoms with Crippen molar-refractivity contribution >= 4 is 15.7 Å². The summed E-state index contributed by atoms with van der Waals surface area (Å²) in [7, 11) is -3.45. The molecule has 138 valence electrons. The number of aryl methyl sites for hydroxylation is 1. The zero-order valence-corrected chi connectivity index (χ0v) is 15.4. The first-order valence-electron chi connectivity index (χ1n) is 8.46. The van der Waals surface area contributed by atoms with E-state index in [1.165, 1.54) is 0 Å². The Bertz CT molecular complexity index is 854. The Morgan fingerprint density at radius 2 is 1.96 bits per heavy atom. The zero-order valence-electron chi connectivity index (χ0n) is 14.5. The second-order valence-corrected chi connectivity index (χ2v) is 8.37. The van der Waals surface area contributed by atoms with E-state index in [0.29, 0.717) is 25.4 Å². The van der Waals surface area contributed by atoms with Gasteiger partial charge in [0, 0.05) is 25.5 Å². The molecule has 1 saturated heterocycles. The van der Waals surface area contributed by atoms with Crippen LogP contribution in [0.1, 0.15) is 18.5 Å². The molecular formula is C18H21N3O4S. The van der Waals surface area contributed by atoms with Crippen molar-refractivity contribution in [2.24, 2.45) is 0 Å². The third-order valence-corrected chi connectivity index (χ3v) is 5.98. The Labute approximate surface area is 152 Å². The molecule has 0 radical (unpaired) electrons. The highest BCUT2D eigenvalue weighted by atomic mass is 32.2. The number of benzene rings is 1. The first-order chi connectivity index (χ1) is 12.4. The monoisotopic (exact) mass is 375 g/mol. The van der Waals surface area contributed by atoms with E-state index < -0.39 is 9.84 Å². The lowest BCUT2D eigenvalue weighted by molar-refractivity contribution is -0.130. The van der Waals surface area contributed by atoms with Crippen LogP contribution in [0.25, 0.3) is 0 Å². The zero-order chi connectivity index (χ0) is 18.6. The minimum atomic E-state index is -3.45. The van der Waals surface area contributed by atoms with E-state index >= 15 is 0 Å². The van der Waals surface area contributed by atoms with E-state index in [-0.39, 0.29) is 29.1 Å². The summed E-state index contributed by atoms with van der Waals surface area (Å²) < 4.78 is 30.3. The van der Waals surface area contributed by atoms with Crippen LogP contribution in [0, 0.1) is 6.92 Å². The van der Waals surface area contributed by atoms with Gasteiger partial charge < -0.3 is 9.64 Å². The summed E-state index contributed by atoms with van der Waals surface area (Å²) in [5, 5.41) is 7.90. The van der Waals surface area contributed by atoms with E-state index in [4.69, 9.17) is 4.74 Å². The van der Waals surface area contributed by atoms with Crippen molar-refractivity contribution in [3.8, 4) is 5.88 Å². The van der Waals surface area contributed by atoms with Crippen LogP contribution in [0.5, 0.6) is 5.88 Å². The number of carbonyl (C=O) groups is 1. The summed E-state index contributed by atoms with van der Waals surface area (Å²) in [6.07, 6.45) is 0.503. The number of rotatable bonds is 6. The molecule has 26 heavy (non-hydrogen) atoms. The van der Waals surface area contributed by atoms with Crippen LogP contribution in [-0.4, -0.2) is 54.4 Å². The summed E-state index contributed by atoms with van der Waals surface area (Å²) in [6.45, 7) is 2.82. The molecule has 1 aliphatic rings. The molecular weight excluding hydrogens is 354 g/mol. The fraction of sp³-hybridized carbons (Fsp3) is 0.389. The standard InChI is InChI=1S/C18H21N3O4S/c1-14-7-8-17(20-19-14)25-15-9-11-21(13-15)18(22)10-12-26(23,24)16-5-3-2-4-6-16/h2-8,15H,9-13H2,1H3/t15-/m0/s1. The van der Waals surface area contributed by atoms with Crippen molar-refractivity contribution in [3.63, 3.8) is 0 Å². The Morgan fingerprint density at radius 3 is 2.65 bits per heavy atom. The van der Waals surface area contributed by atoms with Gasteiger partial charge in [0.25, 0.3) is 0 Å². The number of hydrogen-bond acceptors (Lipinski definition) is 6. The molecule has 3 rings (SSSR count). The lowest BCUT2D eigenvalue weighted by Gasteiger charge is -2.17. The van der Waals surface area contributed by atoms with Crippen LogP contribution in [0.4, 0.5) is 0 Å². The van der Waals surface area contributed by atoms with Crippen LogP contribution in [0.15, 0.2) is 47.4 Å². The molecule has 2 aromatic rings. The highest BCUT2D eigenvalue weighted by molar-refractivity contribution is 7.91. The van der Waals surface area contributed by atoms with Gasteiger partial charge in [-0.05, 0) is 25.1 Å². The van der Waals surface area contributed by atoms with Crippen molar-refractivity contribution in [1.29, 1.82) is 0 Å². The molecule has 1 atom stereocenters. The summed E-state index contributed by atoms with van der Waals surface area (Å²) in [5.41, 5.74) is 0.806. The second-order valence-electron chi connectivity index (χ2n) is 6.26. The molecule has 1 aliphatic heterocycles. The van der Waals surface area contributed by atoms with E-state index in [9.17, 15) is 13.2 Å². The van der Waals surface area contributed by atoms with Crippen LogP contribution in [-0.2, 0) is 14.6 Å². The average molecular weight is 375 g/mol. The first-order valence-corrected chi connectivity index (χ1v) is 10.1. The molecule has 8 heteroatoms. The molecule has 0 N–H and O–H groups in total. The molecule has 0 saturated carbocycles. The largest absolute Gasteiger partial charge is 0.471 e. The molecule has 0 unspecified atom stereocenters. The highest BCUT2D eigenvalue weighted by Gasteiger charge is 2.28. The van der Waals surface area contributed by atoms with Gasteiger partial charge in [0.1, 0.15) is 6.10 Å². The Hall–Kier alpha value is -2.48. The topological polar surface area (TPSA) is 89.5 Å². The predicted octanol–water partition coefficient (Wildman–Crippen LogP) is 1.63. The summed E-state index contributed by atoms with van der Waals surface area (Å²) >= 11 is 0. The van der Waals surface area contributed by atoms with Gasteiger partial charge >= 0.3 is 0 Å². The fourth-order valence-electron chi connectivity index (χ4n) is 2.80. The molecule has 2 heterocycles. The van der Waals surface area contributed by atoms with E-state index in [0.717, 1.165) is 5.69 Å². The Kier molecular flexibility index (Phi) is 5.51. The lowest BCUT2D eigenvalue weighted by Crippen LogP contribution is -2.32. The fourth-order valence-corrected chi connectivity index (χ4v) is 4.05. The third-order valence-electron chi connectivity index (χ3n) is 4.25. The van der Waals surface area contributed by atoms with Gasteiger partial charge in [0.05, 0.1) is 22.9 Å². The molecule has 0 spiro atoms.